The zero-order valence-electron chi connectivity index (χ0n) is 16.4. The summed E-state index contributed by atoms with van der Waals surface area (Å²) in [4.78, 5) is 45.8. The molecule has 0 amide bonds. The van der Waals surface area contributed by atoms with Crippen molar-refractivity contribution in [3.8, 4) is 11.5 Å². The topological polar surface area (TPSA) is 201 Å². The van der Waals surface area contributed by atoms with E-state index in [0.717, 1.165) is 25.0 Å². The van der Waals surface area contributed by atoms with Gasteiger partial charge in [0.2, 0.25) is 0 Å². The molecular weight excluding hydrogens is 408 g/mol. The fourth-order valence-corrected chi connectivity index (χ4v) is 3.04. The molecule has 0 saturated carbocycles. The van der Waals surface area contributed by atoms with Crippen molar-refractivity contribution < 1.29 is 39.6 Å². The van der Waals surface area contributed by atoms with Crippen LogP contribution in [0.1, 0.15) is 61.5 Å². The van der Waals surface area contributed by atoms with Gasteiger partial charge in [-0.15, -0.1) is 0 Å². The average molecular weight is 430 g/mol. The number of aromatic hydroxyl groups is 2. The van der Waals surface area contributed by atoms with Crippen LogP contribution in [0.25, 0.3) is 0 Å². The lowest BCUT2D eigenvalue weighted by atomic mass is 9.82. The third-order valence-electron chi connectivity index (χ3n) is 4.64. The minimum absolute atomic E-state index is 0.0223. The maximum Gasteiger partial charge on any atom is 0.335 e. The molecule has 164 valence electrons. The molecule has 3 rings (SSSR count). The maximum absolute atomic E-state index is 12.4. The summed E-state index contributed by atoms with van der Waals surface area (Å²) in [6, 6.07) is 5.25. The van der Waals surface area contributed by atoms with Gasteiger partial charge in [0.15, 0.2) is 11.6 Å². The number of benzene rings is 2. The minimum atomic E-state index is -1.34. The molecule has 0 heterocycles. The first kappa shape index (κ1) is 23.5. The molecule has 2 aromatic rings. The highest BCUT2D eigenvalue weighted by atomic mass is 16.4. The number of aliphatic carboxylic acids is 1. The Morgan fingerprint density at radius 1 is 0.903 bits per heavy atom. The minimum Gasteiger partial charge on any atom is -0.507 e. The SMILES string of the molecule is NCCCCC(N)C(=O)O.O=C(O)c1cc(O)c2c(c1)C(=O)c1c(O)cccc1C2=O. The monoisotopic (exact) mass is 430 g/mol. The standard InChI is InChI=1S/C15H8O6.C6H14N2O2/c16-9-3-1-2-7-11(9)14(19)8-4-6(15(20)21)5-10(17)12(8)13(7)18;7-4-2-1-3-5(8)6(9)10/h1-5,16-17H,(H,20,21);5H,1-4,7-8H2,(H,9,10). The Morgan fingerprint density at radius 2 is 1.52 bits per heavy atom. The highest BCUT2D eigenvalue weighted by Gasteiger charge is 2.34. The molecule has 0 aromatic heterocycles. The molecular formula is C21H22N2O8. The van der Waals surface area contributed by atoms with E-state index >= 15 is 0 Å². The number of rotatable bonds is 6. The lowest BCUT2D eigenvalue weighted by Gasteiger charge is -2.19. The van der Waals surface area contributed by atoms with Crippen LogP contribution >= 0.6 is 0 Å². The fraction of sp³-hybridized carbons (Fsp3) is 0.238. The van der Waals surface area contributed by atoms with Crippen LogP contribution in [-0.4, -0.2) is 56.5 Å². The predicted octanol–water partition coefficient (Wildman–Crippen LogP) is 1.10. The Bertz CT molecular complexity index is 1050. The second-order valence-corrected chi connectivity index (χ2v) is 6.81. The largest absolute Gasteiger partial charge is 0.507 e. The Balaban J connectivity index is 0.000000291. The first-order chi connectivity index (χ1) is 14.6. The van der Waals surface area contributed by atoms with Gasteiger partial charge in [-0.1, -0.05) is 18.6 Å². The number of carbonyl (C=O) groups is 4. The van der Waals surface area contributed by atoms with Crippen molar-refractivity contribution in [1.29, 1.82) is 0 Å². The molecule has 31 heavy (non-hydrogen) atoms. The highest BCUT2D eigenvalue weighted by Crippen LogP contribution is 2.36. The van der Waals surface area contributed by atoms with E-state index in [2.05, 4.69) is 0 Å². The van der Waals surface area contributed by atoms with Crippen molar-refractivity contribution in [3.05, 3.63) is 58.1 Å². The summed E-state index contributed by atoms with van der Waals surface area (Å²) in [5.41, 5.74) is 9.42. The summed E-state index contributed by atoms with van der Waals surface area (Å²) in [5.74, 6) is -4.54. The summed E-state index contributed by atoms with van der Waals surface area (Å²) >= 11 is 0. The zero-order valence-corrected chi connectivity index (χ0v) is 16.4. The lowest BCUT2D eigenvalue weighted by Crippen LogP contribution is -2.29. The Kier molecular flexibility index (Phi) is 7.46. The number of phenolic OH excluding ortho intramolecular Hbond substituents is 2. The van der Waals surface area contributed by atoms with Crippen LogP contribution in [0, 0.1) is 0 Å². The van der Waals surface area contributed by atoms with Crippen molar-refractivity contribution in [1.82, 2.24) is 0 Å². The van der Waals surface area contributed by atoms with Crippen molar-refractivity contribution >= 4 is 23.5 Å². The molecule has 1 atom stereocenters. The molecule has 0 bridgehead atoms. The number of hydrogen-bond donors (Lipinski definition) is 6. The number of carboxylic acid groups (broad SMARTS) is 2. The molecule has 1 aliphatic rings. The smallest absolute Gasteiger partial charge is 0.335 e. The molecule has 0 fully saturated rings. The Hall–Kier alpha value is -3.76. The van der Waals surface area contributed by atoms with E-state index in [-0.39, 0.29) is 33.6 Å². The summed E-state index contributed by atoms with van der Waals surface area (Å²) in [6.45, 7) is 0.604. The van der Waals surface area contributed by atoms with Crippen LogP contribution in [-0.2, 0) is 4.79 Å². The van der Waals surface area contributed by atoms with Crippen molar-refractivity contribution in [2.45, 2.75) is 25.3 Å². The number of phenols is 2. The number of carboxylic acids is 2. The molecule has 1 unspecified atom stereocenters. The van der Waals surface area contributed by atoms with Gasteiger partial charge < -0.3 is 31.9 Å². The number of hydrogen-bond acceptors (Lipinski definition) is 8. The van der Waals surface area contributed by atoms with E-state index in [1.54, 1.807) is 0 Å². The lowest BCUT2D eigenvalue weighted by molar-refractivity contribution is -0.138. The van der Waals surface area contributed by atoms with Crippen LogP contribution < -0.4 is 11.5 Å². The van der Waals surface area contributed by atoms with Gasteiger partial charge in [0.05, 0.1) is 16.7 Å². The van der Waals surface area contributed by atoms with Gasteiger partial charge in [-0.25, -0.2) is 4.79 Å². The van der Waals surface area contributed by atoms with Crippen molar-refractivity contribution in [2.75, 3.05) is 6.54 Å². The first-order valence-corrected chi connectivity index (χ1v) is 9.30. The van der Waals surface area contributed by atoms with Gasteiger partial charge in [0.25, 0.3) is 0 Å². The van der Waals surface area contributed by atoms with Crippen LogP contribution in [0.2, 0.25) is 0 Å². The summed E-state index contributed by atoms with van der Waals surface area (Å²) in [5, 5.41) is 36.9. The second-order valence-electron chi connectivity index (χ2n) is 6.81. The summed E-state index contributed by atoms with van der Waals surface area (Å²) < 4.78 is 0. The molecule has 2 aromatic carbocycles. The van der Waals surface area contributed by atoms with E-state index < -0.39 is 35.3 Å². The van der Waals surface area contributed by atoms with E-state index in [1.165, 1.54) is 18.2 Å². The Morgan fingerprint density at radius 3 is 2.10 bits per heavy atom. The van der Waals surface area contributed by atoms with Gasteiger partial charge in [-0.05, 0) is 37.6 Å². The van der Waals surface area contributed by atoms with Gasteiger partial charge >= 0.3 is 11.9 Å². The molecule has 0 radical (unpaired) electrons. The van der Waals surface area contributed by atoms with Gasteiger partial charge in [-0.3, -0.25) is 14.4 Å². The second kappa shape index (κ2) is 9.83. The summed E-state index contributed by atoms with van der Waals surface area (Å²) in [6.07, 6.45) is 2.16. The zero-order chi connectivity index (χ0) is 23.3. The predicted molar refractivity (Wildman–Crippen MR) is 109 cm³/mol. The molecule has 10 heteroatoms. The number of fused-ring (bicyclic) bond motifs is 2. The van der Waals surface area contributed by atoms with Crippen LogP contribution in [0.3, 0.4) is 0 Å². The first-order valence-electron chi connectivity index (χ1n) is 9.30. The molecule has 10 nitrogen and oxygen atoms in total. The number of nitrogens with two attached hydrogens (primary N) is 2. The third kappa shape index (κ3) is 5.05. The number of unbranched alkanes of at least 4 members (excludes halogenated alkanes) is 1. The quantitative estimate of drug-likeness (QED) is 0.307. The van der Waals surface area contributed by atoms with E-state index in [9.17, 15) is 29.4 Å². The third-order valence-corrected chi connectivity index (χ3v) is 4.64. The van der Waals surface area contributed by atoms with Crippen molar-refractivity contribution in [3.63, 3.8) is 0 Å². The van der Waals surface area contributed by atoms with E-state index in [0.29, 0.717) is 13.0 Å². The fourth-order valence-electron chi connectivity index (χ4n) is 3.04. The summed E-state index contributed by atoms with van der Waals surface area (Å²) in [7, 11) is 0. The maximum atomic E-state index is 12.4. The number of ketones is 2. The van der Waals surface area contributed by atoms with E-state index in [1.807, 2.05) is 0 Å². The number of carbonyl (C=O) groups excluding carboxylic acids is 2. The average Bonchev–Trinajstić information content (AvgIpc) is 2.71. The highest BCUT2D eigenvalue weighted by molar-refractivity contribution is 6.30. The Labute approximate surface area is 176 Å². The molecule has 8 N–H and O–H groups in total. The normalized spacial score (nSPS) is 12.8. The molecule has 0 aliphatic heterocycles. The van der Waals surface area contributed by atoms with E-state index in [4.69, 9.17) is 21.7 Å². The van der Waals surface area contributed by atoms with Crippen molar-refractivity contribution in [2.24, 2.45) is 11.5 Å². The van der Waals surface area contributed by atoms with Gasteiger partial charge in [-0.2, -0.15) is 0 Å². The van der Waals surface area contributed by atoms with Crippen LogP contribution in [0.5, 0.6) is 11.5 Å². The van der Waals surface area contributed by atoms with Gasteiger partial charge in [0.1, 0.15) is 17.5 Å². The van der Waals surface area contributed by atoms with Crippen LogP contribution in [0.15, 0.2) is 30.3 Å². The molecule has 0 saturated heterocycles. The van der Waals surface area contributed by atoms with Crippen LogP contribution in [0.4, 0.5) is 0 Å². The van der Waals surface area contributed by atoms with Gasteiger partial charge in [0, 0.05) is 11.1 Å². The molecule has 1 aliphatic carbocycles. The number of aromatic carboxylic acids is 1. The molecule has 0 spiro atoms.